The third-order valence-corrected chi connectivity index (χ3v) is 5.71. The van der Waals surface area contributed by atoms with E-state index in [4.69, 9.17) is 5.73 Å². The Balaban J connectivity index is 1.44. The highest BCUT2D eigenvalue weighted by Crippen LogP contribution is 2.26. The van der Waals surface area contributed by atoms with Crippen molar-refractivity contribution in [3.8, 4) is 0 Å². The minimum Gasteiger partial charge on any atom is -0.383 e. The molecule has 3 N–H and O–H groups in total. The van der Waals surface area contributed by atoms with Crippen LogP contribution in [-0.4, -0.2) is 39.0 Å². The molecule has 146 valence electrons. The largest absolute Gasteiger partial charge is 0.383 e. The van der Waals surface area contributed by atoms with Crippen LogP contribution in [0.15, 0.2) is 36.4 Å². The van der Waals surface area contributed by atoms with E-state index in [-0.39, 0.29) is 0 Å². The molecule has 6 nitrogen and oxygen atoms in total. The van der Waals surface area contributed by atoms with Crippen LogP contribution in [0.25, 0.3) is 11.0 Å². The fourth-order valence-electron chi connectivity index (χ4n) is 4.13. The van der Waals surface area contributed by atoms with Gasteiger partial charge in [0.05, 0.1) is 5.39 Å². The number of hydrogen-bond donors (Lipinski definition) is 2. The Bertz CT molecular complexity index is 964. The van der Waals surface area contributed by atoms with E-state index in [1.807, 2.05) is 19.9 Å². The highest BCUT2D eigenvalue weighted by molar-refractivity contribution is 5.89. The molecule has 3 aromatic rings. The summed E-state index contributed by atoms with van der Waals surface area (Å²) in [5, 5.41) is 4.33. The summed E-state index contributed by atoms with van der Waals surface area (Å²) in [5.41, 5.74) is 10.2. The number of benzene rings is 1. The molecule has 0 saturated carbocycles. The van der Waals surface area contributed by atoms with Crippen molar-refractivity contribution in [2.45, 2.75) is 45.7 Å². The Morgan fingerprint density at radius 3 is 2.50 bits per heavy atom. The molecule has 1 aliphatic heterocycles. The van der Waals surface area contributed by atoms with Gasteiger partial charge in [0.25, 0.3) is 0 Å². The summed E-state index contributed by atoms with van der Waals surface area (Å²) < 4.78 is 0. The second kappa shape index (κ2) is 7.72. The zero-order valence-electron chi connectivity index (χ0n) is 16.8. The van der Waals surface area contributed by atoms with Crippen LogP contribution in [0.3, 0.4) is 0 Å². The van der Waals surface area contributed by atoms with Crippen LogP contribution < -0.4 is 11.1 Å². The summed E-state index contributed by atoms with van der Waals surface area (Å²) in [7, 11) is 0. The van der Waals surface area contributed by atoms with E-state index in [2.05, 4.69) is 62.4 Å². The second-order valence-electron chi connectivity index (χ2n) is 7.75. The first-order valence-corrected chi connectivity index (χ1v) is 9.98. The number of nitrogens with zero attached hydrogens (tertiary/aromatic N) is 4. The van der Waals surface area contributed by atoms with Crippen LogP contribution in [0.2, 0.25) is 0 Å². The Morgan fingerprint density at radius 1 is 1.07 bits per heavy atom. The van der Waals surface area contributed by atoms with Gasteiger partial charge >= 0.3 is 0 Å². The van der Waals surface area contributed by atoms with Gasteiger partial charge in [0.1, 0.15) is 5.82 Å². The third kappa shape index (κ3) is 3.78. The molecule has 3 heterocycles. The Hall–Kier alpha value is -2.73. The number of likely N-dealkylation sites (tertiary alicyclic amines) is 1. The number of piperidine rings is 1. The van der Waals surface area contributed by atoms with Crippen LogP contribution >= 0.6 is 0 Å². The molecule has 0 radical (unpaired) electrons. The Labute approximate surface area is 166 Å². The maximum Gasteiger partial charge on any atom is 0.226 e. The summed E-state index contributed by atoms with van der Waals surface area (Å²) in [6, 6.07) is 13.5. The van der Waals surface area contributed by atoms with Gasteiger partial charge in [0.15, 0.2) is 5.65 Å². The van der Waals surface area contributed by atoms with Gasteiger partial charge in [0.2, 0.25) is 5.95 Å². The van der Waals surface area contributed by atoms with Crippen molar-refractivity contribution in [3.63, 3.8) is 0 Å². The average molecular weight is 377 g/mol. The van der Waals surface area contributed by atoms with Crippen molar-refractivity contribution in [3.05, 3.63) is 53.2 Å². The minimum absolute atomic E-state index is 0.349. The normalized spacial score (nSPS) is 17.0. The summed E-state index contributed by atoms with van der Waals surface area (Å²) in [4.78, 5) is 16.2. The first-order chi connectivity index (χ1) is 13.5. The lowest BCUT2D eigenvalue weighted by molar-refractivity contribution is 0.167. The quantitative estimate of drug-likeness (QED) is 0.720. The third-order valence-electron chi connectivity index (χ3n) is 5.71. The van der Waals surface area contributed by atoms with Gasteiger partial charge in [-0.25, -0.2) is 4.98 Å². The number of hydrogen-bond acceptors (Lipinski definition) is 6. The van der Waals surface area contributed by atoms with E-state index in [0.29, 0.717) is 29.5 Å². The highest BCUT2D eigenvalue weighted by Gasteiger charge is 2.24. The van der Waals surface area contributed by atoms with Crippen molar-refractivity contribution in [1.29, 1.82) is 0 Å². The van der Waals surface area contributed by atoms with Gasteiger partial charge in [0, 0.05) is 30.9 Å². The zero-order chi connectivity index (χ0) is 19.7. The van der Waals surface area contributed by atoms with Crippen molar-refractivity contribution in [2.75, 3.05) is 24.1 Å². The number of fused-ring (bicyclic) bond motifs is 1. The molecule has 1 atom stereocenters. The van der Waals surface area contributed by atoms with Gasteiger partial charge in [-0.05, 0) is 50.8 Å². The number of nitrogens with one attached hydrogen (secondary N) is 1. The fourth-order valence-corrected chi connectivity index (χ4v) is 4.13. The van der Waals surface area contributed by atoms with Crippen LogP contribution in [0.1, 0.15) is 42.6 Å². The lowest BCUT2D eigenvalue weighted by Crippen LogP contribution is -2.40. The summed E-state index contributed by atoms with van der Waals surface area (Å²) in [6.07, 6.45) is 2.11. The molecule has 28 heavy (non-hydrogen) atoms. The van der Waals surface area contributed by atoms with Gasteiger partial charge in [-0.15, -0.1) is 0 Å². The number of pyridine rings is 1. The van der Waals surface area contributed by atoms with E-state index >= 15 is 0 Å². The molecular formula is C22H28N6. The predicted octanol–water partition coefficient (Wildman–Crippen LogP) is 3.86. The number of nitrogens with two attached hydrogens (primary N) is 1. The first-order valence-electron chi connectivity index (χ1n) is 9.98. The van der Waals surface area contributed by atoms with Crippen LogP contribution in [0.4, 0.5) is 11.8 Å². The molecule has 0 aliphatic carbocycles. The van der Waals surface area contributed by atoms with E-state index in [0.717, 1.165) is 42.6 Å². The molecule has 4 rings (SSSR count). The van der Waals surface area contributed by atoms with E-state index in [1.54, 1.807) is 0 Å². The lowest BCUT2D eigenvalue weighted by atomic mass is 10.0. The second-order valence-corrected chi connectivity index (χ2v) is 7.75. The van der Waals surface area contributed by atoms with Crippen molar-refractivity contribution in [2.24, 2.45) is 0 Å². The smallest absolute Gasteiger partial charge is 0.226 e. The molecule has 0 unspecified atom stereocenters. The van der Waals surface area contributed by atoms with Crippen LogP contribution in [0, 0.1) is 13.8 Å². The number of anilines is 2. The monoisotopic (exact) mass is 376 g/mol. The molecule has 0 bridgehead atoms. The summed E-state index contributed by atoms with van der Waals surface area (Å²) in [6.45, 7) is 8.38. The SMILES string of the molecule is Cc1cc(C)c2c(N)nc(NC3CCN([C@H](C)c4ccccc4)CC3)nc2n1. The molecule has 6 heteroatoms. The molecular weight excluding hydrogens is 348 g/mol. The molecule has 0 amide bonds. The van der Waals surface area contributed by atoms with Gasteiger partial charge in [-0.1, -0.05) is 30.3 Å². The summed E-state index contributed by atoms with van der Waals surface area (Å²) >= 11 is 0. The Morgan fingerprint density at radius 2 is 1.79 bits per heavy atom. The lowest BCUT2D eigenvalue weighted by Gasteiger charge is -2.36. The molecule has 0 spiro atoms. The van der Waals surface area contributed by atoms with Gasteiger partial charge < -0.3 is 11.1 Å². The highest BCUT2D eigenvalue weighted by atomic mass is 15.2. The van der Waals surface area contributed by atoms with Crippen LogP contribution in [0.5, 0.6) is 0 Å². The number of nitrogen functional groups attached to an aromatic ring is 1. The van der Waals surface area contributed by atoms with Gasteiger partial charge in [-0.3, -0.25) is 4.90 Å². The molecule has 1 fully saturated rings. The Kier molecular flexibility index (Phi) is 5.13. The maximum atomic E-state index is 6.20. The number of aryl methyl sites for hydroxylation is 2. The number of rotatable bonds is 4. The van der Waals surface area contributed by atoms with E-state index < -0.39 is 0 Å². The van der Waals surface area contributed by atoms with E-state index in [1.165, 1.54) is 5.56 Å². The summed E-state index contributed by atoms with van der Waals surface area (Å²) in [5.74, 6) is 1.07. The number of aromatic nitrogens is 3. The van der Waals surface area contributed by atoms with Crippen molar-refractivity contribution >= 4 is 22.8 Å². The standard InChI is InChI=1S/C22H28N6/c1-14-13-15(2)24-21-19(14)20(23)26-22(27-21)25-18-9-11-28(12-10-18)16(3)17-7-5-4-6-8-17/h4-8,13,16,18H,9-12H2,1-3H3,(H3,23,24,25,26,27)/t16-/m1/s1. The fraction of sp³-hybridized carbons (Fsp3) is 0.409. The maximum absolute atomic E-state index is 6.20. The average Bonchev–Trinajstić information content (AvgIpc) is 2.68. The molecule has 1 aromatic carbocycles. The van der Waals surface area contributed by atoms with Crippen LogP contribution in [-0.2, 0) is 0 Å². The molecule has 1 saturated heterocycles. The van der Waals surface area contributed by atoms with Crippen molar-refractivity contribution < 1.29 is 0 Å². The van der Waals surface area contributed by atoms with Gasteiger partial charge in [-0.2, -0.15) is 9.97 Å². The molecule has 1 aliphatic rings. The topological polar surface area (TPSA) is 80.0 Å². The van der Waals surface area contributed by atoms with E-state index in [9.17, 15) is 0 Å². The zero-order valence-corrected chi connectivity index (χ0v) is 16.8. The first kappa shape index (κ1) is 18.6. The molecule has 2 aromatic heterocycles. The van der Waals surface area contributed by atoms with Crippen molar-refractivity contribution in [1.82, 2.24) is 19.9 Å². The minimum atomic E-state index is 0.349. The predicted molar refractivity (Wildman–Crippen MR) is 114 cm³/mol.